The summed E-state index contributed by atoms with van der Waals surface area (Å²) < 4.78 is 12.8. The minimum Gasteiger partial charge on any atom is -0.497 e. The molecule has 150 valence electrons. The van der Waals surface area contributed by atoms with E-state index >= 15 is 0 Å². The average molecular weight is 387 g/mol. The lowest BCUT2D eigenvalue weighted by molar-refractivity contribution is -0.0495. The molecule has 0 spiro atoms. The largest absolute Gasteiger partial charge is 0.497 e. The summed E-state index contributed by atoms with van der Waals surface area (Å²) in [4.78, 5) is 8.97. The van der Waals surface area contributed by atoms with E-state index in [2.05, 4.69) is 27.5 Å². The number of fused-ring (bicyclic) bond motifs is 1. The second kappa shape index (κ2) is 7.88. The van der Waals surface area contributed by atoms with Crippen molar-refractivity contribution in [3.63, 3.8) is 0 Å². The molecule has 2 aliphatic rings. The van der Waals surface area contributed by atoms with Gasteiger partial charge in [0.25, 0.3) is 0 Å². The third-order valence-electron chi connectivity index (χ3n) is 5.15. The van der Waals surface area contributed by atoms with Gasteiger partial charge in [-0.3, -0.25) is 9.88 Å². The summed E-state index contributed by atoms with van der Waals surface area (Å²) in [7, 11) is 1.65. The molecule has 9 heteroatoms. The maximum absolute atomic E-state index is 10.3. The maximum atomic E-state index is 10.3. The van der Waals surface area contributed by atoms with E-state index in [-0.39, 0.29) is 24.9 Å². The van der Waals surface area contributed by atoms with E-state index in [9.17, 15) is 10.2 Å². The van der Waals surface area contributed by atoms with Crippen LogP contribution in [0.2, 0.25) is 0 Å². The van der Waals surface area contributed by atoms with E-state index in [1.54, 1.807) is 24.3 Å². The number of hydrogen-bond acceptors (Lipinski definition) is 8. The molecular formula is C19H25N5O4. The van der Waals surface area contributed by atoms with Crippen molar-refractivity contribution in [1.29, 1.82) is 0 Å². The van der Waals surface area contributed by atoms with Crippen molar-refractivity contribution in [2.24, 2.45) is 4.99 Å². The summed E-state index contributed by atoms with van der Waals surface area (Å²) in [5.41, 5.74) is 1.80. The zero-order valence-corrected chi connectivity index (χ0v) is 15.8. The van der Waals surface area contributed by atoms with Crippen molar-refractivity contribution in [3.8, 4) is 5.75 Å². The smallest absolute Gasteiger partial charge is 0.163 e. The summed E-state index contributed by atoms with van der Waals surface area (Å²) in [5.74, 6) is 1.52. The SMILES string of the molecule is COc1cccc(C(C)NC2N=CNc3c2ncn3C2OC(CO)CC2O)c1. The van der Waals surface area contributed by atoms with Gasteiger partial charge in [-0.2, -0.15) is 0 Å². The van der Waals surface area contributed by atoms with Gasteiger partial charge in [-0.25, -0.2) is 9.98 Å². The molecule has 4 rings (SSSR count). The molecule has 0 radical (unpaired) electrons. The van der Waals surface area contributed by atoms with Crippen LogP contribution in [0.25, 0.3) is 0 Å². The fourth-order valence-electron chi connectivity index (χ4n) is 3.62. The van der Waals surface area contributed by atoms with Gasteiger partial charge in [-0.15, -0.1) is 0 Å². The van der Waals surface area contributed by atoms with Crippen molar-refractivity contribution in [3.05, 3.63) is 41.9 Å². The quantitative estimate of drug-likeness (QED) is 0.591. The lowest BCUT2D eigenvalue weighted by Gasteiger charge is -2.25. The third kappa shape index (κ3) is 3.49. The molecule has 2 aliphatic heterocycles. The average Bonchev–Trinajstić information content (AvgIpc) is 3.31. The van der Waals surface area contributed by atoms with Crippen LogP contribution in [0.5, 0.6) is 5.75 Å². The van der Waals surface area contributed by atoms with Crippen molar-refractivity contribution >= 4 is 12.2 Å². The van der Waals surface area contributed by atoms with E-state index in [0.29, 0.717) is 12.2 Å². The summed E-state index contributed by atoms with van der Waals surface area (Å²) in [5, 5.41) is 26.2. The Kier molecular flexibility index (Phi) is 5.31. The molecule has 4 N–H and O–H groups in total. The molecule has 0 aliphatic carbocycles. The van der Waals surface area contributed by atoms with Crippen molar-refractivity contribution < 1.29 is 19.7 Å². The number of imidazole rings is 1. The Bertz CT molecular complexity index is 855. The molecule has 0 bridgehead atoms. The Labute approximate surface area is 163 Å². The van der Waals surface area contributed by atoms with E-state index in [0.717, 1.165) is 17.0 Å². The summed E-state index contributed by atoms with van der Waals surface area (Å²) in [6.07, 6.45) is 1.61. The number of aliphatic imine (C=N–C) groups is 1. The molecule has 1 saturated heterocycles. The molecule has 0 amide bonds. The lowest BCUT2D eigenvalue weighted by atomic mass is 10.1. The Balaban J connectivity index is 1.53. The fourth-order valence-corrected chi connectivity index (χ4v) is 3.62. The number of benzene rings is 1. The van der Waals surface area contributed by atoms with Crippen LogP contribution in [-0.4, -0.2) is 52.0 Å². The Morgan fingerprint density at radius 3 is 3.07 bits per heavy atom. The molecule has 1 fully saturated rings. The van der Waals surface area contributed by atoms with E-state index in [4.69, 9.17) is 9.47 Å². The predicted octanol–water partition coefficient (Wildman–Crippen LogP) is 1.34. The van der Waals surface area contributed by atoms with Gasteiger partial charge in [0, 0.05) is 12.5 Å². The summed E-state index contributed by atoms with van der Waals surface area (Å²) >= 11 is 0. The number of nitrogens with one attached hydrogen (secondary N) is 2. The minimum absolute atomic E-state index is 0.0143. The Morgan fingerprint density at radius 1 is 1.46 bits per heavy atom. The fraction of sp³-hybridized carbons (Fsp3) is 0.474. The standard InChI is InChI=1S/C19H25N5O4/c1-11(12-4-3-5-13(6-12)27-2)23-17-16-18(21-9-20-17)24(10-22-16)19-15(26)7-14(8-25)28-19/h3-6,9-11,14-15,17,19,23,25-26H,7-8H2,1-2H3,(H,20,21). The first kappa shape index (κ1) is 18.9. The van der Waals surface area contributed by atoms with E-state index in [1.165, 1.54) is 0 Å². The van der Waals surface area contributed by atoms with Crippen LogP contribution in [0.15, 0.2) is 35.6 Å². The van der Waals surface area contributed by atoms with Crippen LogP contribution in [0, 0.1) is 0 Å². The molecule has 1 aromatic heterocycles. The topological polar surface area (TPSA) is 113 Å². The van der Waals surface area contributed by atoms with Crippen molar-refractivity contribution in [2.45, 2.75) is 44.0 Å². The van der Waals surface area contributed by atoms with Gasteiger partial charge in [0.15, 0.2) is 6.23 Å². The molecule has 1 aromatic carbocycles. The molecule has 0 saturated carbocycles. The highest BCUT2D eigenvalue weighted by atomic mass is 16.5. The Hall–Kier alpha value is -2.46. The summed E-state index contributed by atoms with van der Waals surface area (Å²) in [6.45, 7) is 1.93. The van der Waals surface area contributed by atoms with E-state index in [1.807, 2.05) is 24.3 Å². The van der Waals surface area contributed by atoms with Crippen LogP contribution in [0.1, 0.15) is 43.0 Å². The zero-order valence-electron chi connectivity index (χ0n) is 15.8. The number of aliphatic hydroxyl groups excluding tert-OH is 2. The molecule has 28 heavy (non-hydrogen) atoms. The highest BCUT2D eigenvalue weighted by Gasteiger charge is 2.37. The summed E-state index contributed by atoms with van der Waals surface area (Å²) in [6, 6.07) is 7.89. The zero-order chi connectivity index (χ0) is 19.7. The predicted molar refractivity (Wildman–Crippen MR) is 103 cm³/mol. The highest BCUT2D eigenvalue weighted by molar-refractivity contribution is 5.78. The second-order valence-corrected chi connectivity index (χ2v) is 7.01. The minimum atomic E-state index is -0.710. The normalized spacial score (nSPS) is 27.3. The van der Waals surface area contributed by atoms with Gasteiger partial charge in [0.05, 0.1) is 32.5 Å². The number of rotatable bonds is 6. The number of aliphatic hydroxyl groups is 2. The number of methoxy groups -OCH3 is 1. The highest BCUT2D eigenvalue weighted by Crippen LogP contribution is 2.35. The van der Waals surface area contributed by atoms with E-state index < -0.39 is 12.3 Å². The Morgan fingerprint density at radius 2 is 2.32 bits per heavy atom. The van der Waals surface area contributed by atoms with Crippen LogP contribution in [-0.2, 0) is 4.74 Å². The number of aromatic nitrogens is 2. The van der Waals surface area contributed by atoms with Gasteiger partial charge in [-0.05, 0) is 24.6 Å². The maximum Gasteiger partial charge on any atom is 0.163 e. The van der Waals surface area contributed by atoms with Gasteiger partial charge in [0.2, 0.25) is 0 Å². The molecule has 5 atom stereocenters. The second-order valence-electron chi connectivity index (χ2n) is 7.01. The van der Waals surface area contributed by atoms with Crippen molar-refractivity contribution in [2.75, 3.05) is 19.0 Å². The molecule has 9 nitrogen and oxygen atoms in total. The number of ether oxygens (including phenoxy) is 2. The molecular weight excluding hydrogens is 362 g/mol. The molecule has 5 unspecified atom stereocenters. The monoisotopic (exact) mass is 387 g/mol. The number of anilines is 1. The van der Waals surface area contributed by atoms with Crippen LogP contribution in [0.3, 0.4) is 0 Å². The first-order chi connectivity index (χ1) is 13.6. The van der Waals surface area contributed by atoms with Crippen LogP contribution in [0.4, 0.5) is 5.82 Å². The number of nitrogens with zero attached hydrogens (tertiary/aromatic N) is 3. The van der Waals surface area contributed by atoms with Gasteiger partial charge in [0.1, 0.15) is 29.5 Å². The first-order valence-electron chi connectivity index (χ1n) is 9.30. The first-order valence-corrected chi connectivity index (χ1v) is 9.30. The molecule has 2 aromatic rings. The van der Waals surface area contributed by atoms with Gasteiger partial charge >= 0.3 is 0 Å². The van der Waals surface area contributed by atoms with Gasteiger partial charge in [-0.1, -0.05) is 12.1 Å². The van der Waals surface area contributed by atoms with Crippen LogP contribution >= 0.6 is 0 Å². The van der Waals surface area contributed by atoms with Gasteiger partial charge < -0.3 is 25.0 Å². The third-order valence-corrected chi connectivity index (χ3v) is 5.15. The number of hydrogen-bond donors (Lipinski definition) is 4. The molecule has 3 heterocycles. The van der Waals surface area contributed by atoms with Crippen LogP contribution < -0.4 is 15.4 Å². The lowest BCUT2D eigenvalue weighted by Crippen LogP contribution is -2.28. The van der Waals surface area contributed by atoms with Crippen molar-refractivity contribution in [1.82, 2.24) is 14.9 Å².